The molecule has 1 fully saturated rings. The van der Waals surface area contributed by atoms with Crippen molar-refractivity contribution in [1.82, 2.24) is 14.3 Å². The van der Waals surface area contributed by atoms with Crippen LogP contribution in [0, 0.1) is 6.92 Å². The standard InChI is InChI=1S/C18H24ClN5O3S/c1-13-20-17(22(2)3)12-18(21-13)23-7-9-24(10-8-23)28(25,26)14-5-6-16(27-4)15(19)11-14/h5-6,11-12H,7-10H2,1-4H3. The Balaban J connectivity index is 1.75. The first-order chi connectivity index (χ1) is 13.2. The zero-order valence-electron chi connectivity index (χ0n) is 16.4. The molecular formula is C18H24ClN5O3S. The van der Waals surface area contributed by atoms with Gasteiger partial charge in [0.05, 0.1) is 17.0 Å². The van der Waals surface area contributed by atoms with E-state index in [0.717, 1.165) is 11.6 Å². The molecule has 0 N–H and O–H groups in total. The van der Waals surface area contributed by atoms with Gasteiger partial charge in [-0.1, -0.05) is 11.6 Å². The molecule has 1 aliphatic heterocycles. The number of aromatic nitrogens is 2. The van der Waals surface area contributed by atoms with Gasteiger partial charge in [-0.05, 0) is 25.1 Å². The molecule has 3 rings (SSSR count). The summed E-state index contributed by atoms with van der Waals surface area (Å²) >= 11 is 6.10. The van der Waals surface area contributed by atoms with E-state index in [1.165, 1.54) is 23.5 Å². The Bertz CT molecular complexity index is 960. The van der Waals surface area contributed by atoms with Gasteiger partial charge in [-0.15, -0.1) is 0 Å². The molecule has 0 unspecified atom stereocenters. The van der Waals surface area contributed by atoms with Crippen LogP contribution in [-0.2, 0) is 10.0 Å². The summed E-state index contributed by atoms with van der Waals surface area (Å²) in [5.41, 5.74) is 0. The van der Waals surface area contributed by atoms with Gasteiger partial charge in [0, 0.05) is 46.3 Å². The molecule has 28 heavy (non-hydrogen) atoms. The van der Waals surface area contributed by atoms with Crippen molar-refractivity contribution >= 4 is 33.3 Å². The lowest BCUT2D eigenvalue weighted by Gasteiger charge is -2.35. The average Bonchev–Trinajstić information content (AvgIpc) is 2.67. The Morgan fingerprint density at radius 1 is 1.11 bits per heavy atom. The van der Waals surface area contributed by atoms with Crippen molar-refractivity contribution in [3.63, 3.8) is 0 Å². The van der Waals surface area contributed by atoms with Crippen LogP contribution in [-0.4, -0.2) is 70.1 Å². The zero-order chi connectivity index (χ0) is 20.5. The predicted molar refractivity (Wildman–Crippen MR) is 110 cm³/mol. The number of aryl methyl sites for hydroxylation is 1. The first-order valence-corrected chi connectivity index (χ1v) is 10.7. The van der Waals surface area contributed by atoms with E-state index in [4.69, 9.17) is 16.3 Å². The lowest BCUT2D eigenvalue weighted by molar-refractivity contribution is 0.383. The number of benzene rings is 1. The maximum absolute atomic E-state index is 13.0. The van der Waals surface area contributed by atoms with Gasteiger partial charge in [-0.25, -0.2) is 18.4 Å². The zero-order valence-corrected chi connectivity index (χ0v) is 18.0. The first kappa shape index (κ1) is 20.6. The molecule has 1 aromatic heterocycles. The van der Waals surface area contributed by atoms with Crippen LogP contribution in [0.3, 0.4) is 0 Å². The van der Waals surface area contributed by atoms with Crippen molar-refractivity contribution in [3.05, 3.63) is 35.1 Å². The Morgan fingerprint density at radius 3 is 2.36 bits per heavy atom. The molecule has 8 nitrogen and oxygen atoms in total. The van der Waals surface area contributed by atoms with Crippen molar-refractivity contribution in [2.75, 3.05) is 57.2 Å². The number of hydrogen-bond donors (Lipinski definition) is 0. The second kappa shape index (κ2) is 8.10. The van der Waals surface area contributed by atoms with E-state index in [-0.39, 0.29) is 9.92 Å². The summed E-state index contributed by atoms with van der Waals surface area (Å²) in [6.45, 7) is 3.68. The van der Waals surface area contributed by atoms with Gasteiger partial charge in [0.25, 0.3) is 0 Å². The van der Waals surface area contributed by atoms with E-state index < -0.39 is 10.0 Å². The molecule has 0 radical (unpaired) electrons. The highest BCUT2D eigenvalue weighted by Gasteiger charge is 2.29. The predicted octanol–water partition coefficient (Wildman–Crippen LogP) is 2.02. The highest BCUT2D eigenvalue weighted by atomic mass is 35.5. The summed E-state index contributed by atoms with van der Waals surface area (Å²) < 4.78 is 32.5. The molecule has 0 bridgehead atoms. The van der Waals surface area contributed by atoms with Gasteiger partial charge in [0.15, 0.2) is 0 Å². The van der Waals surface area contributed by atoms with Crippen LogP contribution in [0.15, 0.2) is 29.2 Å². The lowest BCUT2D eigenvalue weighted by atomic mass is 10.3. The van der Waals surface area contributed by atoms with Gasteiger partial charge in [-0.3, -0.25) is 0 Å². The van der Waals surface area contributed by atoms with E-state index in [9.17, 15) is 8.42 Å². The molecule has 10 heteroatoms. The van der Waals surface area contributed by atoms with Crippen LogP contribution < -0.4 is 14.5 Å². The second-order valence-electron chi connectivity index (χ2n) is 6.71. The number of nitrogens with zero attached hydrogens (tertiary/aromatic N) is 5. The number of methoxy groups -OCH3 is 1. The molecule has 2 aromatic rings. The Kier molecular flexibility index (Phi) is 5.97. The smallest absolute Gasteiger partial charge is 0.243 e. The van der Waals surface area contributed by atoms with Gasteiger partial charge < -0.3 is 14.5 Å². The van der Waals surface area contributed by atoms with Crippen LogP contribution in [0.25, 0.3) is 0 Å². The van der Waals surface area contributed by atoms with Gasteiger partial charge in [0.2, 0.25) is 10.0 Å². The van der Waals surface area contributed by atoms with Crippen LogP contribution in [0.5, 0.6) is 5.75 Å². The normalized spacial score (nSPS) is 15.5. The maximum atomic E-state index is 13.0. The number of rotatable bonds is 5. The molecule has 1 aliphatic rings. The number of sulfonamides is 1. The molecule has 0 saturated carbocycles. The monoisotopic (exact) mass is 425 g/mol. The molecule has 1 saturated heterocycles. The molecule has 2 heterocycles. The van der Waals surface area contributed by atoms with Crippen molar-refractivity contribution in [3.8, 4) is 5.75 Å². The third-order valence-corrected chi connectivity index (χ3v) is 6.78. The molecular weight excluding hydrogens is 402 g/mol. The molecule has 0 amide bonds. The summed E-state index contributed by atoms with van der Waals surface area (Å²) in [6.07, 6.45) is 0. The van der Waals surface area contributed by atoms with E-state index in [2.05, 4.69) is 14.9 Å². The SMILES string of the molecule is COc1ccc(S(=O)(=O)N2CCN(c3cc(N(C)C)nc(C)n3)CC2)cc1Cl. The highest BCUT2D eigenvalue weighted by molar-refractivity contribution is 7.89. The number of halogens is 1. The fraction of sp³-hybridized carbons (Fsp3) is 0.444. The largest absolute Gasteiger partial charge is 0.495 e. The van der Waals surface area contributed by atoms with E-state index >= 15 is 0 Å². The minimum Gasteiger partial charge on any atom is -0.495 e. The average molecular weight is 426 g/mol. The van der Waals surface area contributed by atoms with Gasteiger partial charge >= 0.3 is 0 Å². The number of anilines is 2. The summed E-state index contributed by atoms with van der Waals surface area (Å²) in [6, 6.07) is 6.43. The van der Waals surface area contributed by atoms with Crippen LogP contribution in [0.4, 0.5) is 11.6 Å². The third kappa shape index (κ3) is 4.16. The number of hydrogen-bond acceptors (Lipinski definition) is 7. The van der Waals surface area contributed by atoms with E-state index in [1.807, 2.05) is 32.0 Å². The Labute approximate surface area is 170 Å². The molecule has 152 valence electrons. The molecule has 0 aliphatic carbocycles. The summed E-state index contributed by atoms with van der Waals surface area (Å²) in [4.78, 5) is 13.1. The fourth-order valence-corrected chi connectivity index (χ4v) is 4.81. The van der Waals surface area contributed by atoms with Crippen LogP contribution in [0.2, 0.25) is 5.02 Å². The first-order valence-electron chi connectivity index (χ1n) is 8.84. The van der Waals surface area contributed by atoms with Gasteiger partial charge in [-0.2, -0.15) is 4.31 Å². The minimum absolute atomic E-state index is 0.166. The van der Waals surface area contributed by atoms with Crippen molar-refractivity contribution in [2.45, 2.75) is 11.8 Å². The van der Waals surface area contributed by atoms with Gasteiger partial charge in [0.1, 0.15) is 23.2 Å². The molecule has 0 spiro atoms. The van der Waals surface area contributed by atoms with E-state index in [1.54, 1.807) is 6.07 Å². The lowest BCUT2D eigenvalue weighted by Crippen LogP contribution is -2.49. The summed E-state index contributed by atoms with van der Waals surface area (Å²) in [5, 5.41) is 0.273. The van der Waals surface area contributed by atoms with Crippen LogP contribution in [0.1, 0.15) is 5.82 Å². The van der Waals surface area contributed by atoms with Crippen molar-refractivity contribution < 1.29 is 13.2 Å². The van der Waals surface area contributed by atoms with Crippen LogP contribution >= 0.6 is 11.6 Å². The third-order valence-electron chi connectivity index (χ3n) is 4.59. The van der Waals surface area contributed by atoms with Crippen molar-refractivity contribution in [2.24, 2.45) is 0 Å². The molecule has 1 aromatic carbocycles. The Morgan fingerprint density at radius 2 is 1.79 bits per heavy atom. The minimum atomic E-state index is -3.62. The second-order valence-corrected chi connectivity index (χ2v) is 9.06. The Hall–Kier alpha value is -2.10. The maximum Gasteiger partial charge on any atom is 0.243 e. The summed E-state index contributed by atoms with van der Waals surface area (Å²) in [7, 11) is 1.73. The van der Waals surface area contributed by atoms with Crippen molar-refractivity contribution in [1.29, 1.82) is 0 Å². The summed E-state index contributed by atoms with van der Waals surface area (Å²) in [5.74, 6) is 2.76. The topological polar surface area (TPSA) is 78.9 Å². The quantitative estimate of drug-likeness (QED) is 0.725. The number of piperazine rings is 1. The fourth-order valence-electron chi connectivity index (χ4n) is 3.04. The van der Waals surface area contributed by atoms with E-state index in [0.29, 0.717) is 37.8 Å². The highest BCUT2D eigenvalue weighted by Crippen LogP contribution is 2.29. The molecule has 0 atom stereocenters. The number of ether oxygens (including phenoxy) is 1.